The number of carboxylic acids is 1. The topological polar surface area (TPSA) is 95.8 Å². The van der Waals surface area contributed by atoms with Crippen LogP contribution in [-0.4, -0.2) is 32.7 Å². The molecule has 0 fully saturated rings. The molecular formula is C13H16N4O3. The first kappa shape index (κ1) is 14.1. The summed E-state index contributed by atoms with van der Waals surface area (Å²) in [6.45, 7) is 5.29. The quantitative estimate of drug-likeness (QED) is 0.894. The summed E-state index contributed by atoms with van der Waals surface area (Å²) in [6, 6.07) is 1.68. The molecule has 0 bridgehead atoms. The van der Waals surface area contributed by atoms with Crippen molar-refractivity contribution >= 4 is 23.4 Å². The third-order valence-corrected chi connectivity index (χ3v) is 3.09. The molecule has 106 valence electrons. The van der Waals surface area contributed by atoms with Crippen LogP contribution in [0.15, 0.2) is 11.2 Å². The number of hydrazone groups is 1. The lowest BCUT2D eigenvalue weighted by molar-refractivity contribution is -0.137. The summed E-state index contributed by atoms with van der Waals surface area (Å²) in [5, 5.41) is 14.2. The SMILES string of the molecule is CC1=NN(c2cc(C)nc(C)n2)C(=O)C1CCC(=O)O. The van der Waals surface area contributed by atoms with Gasteiger partial charge in [0.1, 0.15) is 5.82 Å². The summed E-state index contributed by atoms with van der Waals surface area (Å²) < 4.78 is 0. The van der Waals surface area contributed by atoms with Gasteiger partial charge in [0.15, 0.2) is 5.82 Å². The van der Waals surface area contributed by atoms with Crippen LogP contribution in [0.25, 0.3) is 0 Å². The van der Waals surface area contributed by atoms with Crippen molar-refractivity contribution in [1.29, 1.82) is 0 Å². The van der Waals surface area contributed by atoms with Crippen LogP contribution in [-0.2, 0) is 9.59 Å². The molecule has 1 amide bonds. The highest BCUT2D eigenvalue weighted by molar-refractivity contribution is 6.14. The molecule has 1 unspecified atom stereocenters. The predicted octanol–water partition coefficient (Wildman–Crippen LogP) is 1.30. The number of aromatic nitrogens is 2. The van der Waals surface area contributed by atoms with Crippen molar-refractivity contribution in [1.82, 2.24) is 9.97 Å². The number of aryl methyl sites for hydroxylation is 2. The largest absolute Gasteiger partial charge is 0.481 e. The summed E-state index contributed by atoms with van der Waals surface area (Å²) in [7, 11) is 0. The van der Waals surface area contributed by atoms with Gasteiger partial charge in [0.25, 0.3) is 5.91 Å². The summed E-state index contributed by atoms with van der Waals surface area (Å²) >= 11 is 0. The van der Waals surface area contributed by atoms with Gasteiger partial charge in [0.2, 0.25) is 0 Å². The number of amides is 1. The summed E-state index contributed by atoms with van der Waals surface area (Å²) in [5.41, 5.74) is 1.37. The third kappa shape index (κ3) is 2.81. The van der Waals surface area contributed by atoms with Gasteiger partial charge in [-0.2, -0.15) is 10.1 Å². The van der Waals surface area contributed by atoms with Crippen molar-refractivity contribution < 1.29 is 14.7 Å². The van der Waals surface area contributed by atoms with Crippen molar-refractivity contribution in [2.24, 2.45) is 11.0 Å². The molecule has 0 saturated carbocycles. The highest BCUT2D eigenvalue weighted by Crippen LogP contribution is 2.25. The molecule has 2 rings (SSSR count). The molecule has 1 aliphatic heterocycles. The fourth-order valence-corrected chi connectivity index (χ4v) is 2.17. The van der Waals surface area contributed by atoms with E-state index < -0.39 is 11.9 Å². The number of hydrogen-bond donors (Lipinski definition) is 1. The molecule has 20 heavy (non-hydrogen) atoms. The average Bonchev–Trinajstić information content (AvgIpc) is 2.61. The summed E-state index contributed by atoms with van der Waals surface area (Å²) in [5.74, 6) is -0.646. The van der Waals surface area contributed by atoms with Crippen molar-refractivity contribution in [2.75, 3.05) is 5.01 Å². The fraction of sp³-hybridized carbons (Fsp3) is 0.462. The number of carbonyl (C=O) groups is 2. The molecule has 7 nitrogen and oxygen atoms in total. The minimum atomic E-state index is -0.919. The zero-order valence-electron chi connectivity index (χ0n) is 11.6. The second kappa shape index (κ2) is 5.36. The van der Waals surface area contributed by atoms with E-state index >= 15 is 0 Å². The van der Waals surface area contributed by atoms with Crippen LogP contribution < -0.4 is 5.01 Å². The molecule has 1 N–H and O–H groups in total. The summed E-state index contributed by atoms with van der Waals surface area (Å²) in [6.07, 6.45) is 0.196. The lowest BCUT2D eigenvalue weighted by Gasteiger charge is -2.13. The van der Waals surface area contributed by atoms with Crippen molar-refractivity contribution in [2.45, 2.75) is 33.6 Å². The molecule has 0 saturated heterocycles. The predicted molar refractivity (Wildman–Crippen MR) is 72.5 cm³/mol. The first-order chi connectivity index (χ1) is 9.38. The maximum atomic E-state index is 12.3. The second-order valence-electron chi connectivity index (χ2n) is 4.79. The Labute approximate surface area is 116 Å². The Morgan fingerprint density at radius 3 is 2.65 bits per heavy atom. The van der Waals surface area contributed by atoms with E-state index in [1.807, 2.05) is 6.92 Å². The lowest BCUT2D eigenvalue weighted by atomic mass is 9.98. The number of hydrogen-bond acceptors (Lipinski definition) is 5. The number of anilines is 1. The first-order valence-corrected chi connectivity index (χ1v) is 6.31. The van der Waals surface area contributed by atoms with Crippen LogP contribution in [0.4, 0.5) is 5.82 Å². The van der Waals surface area contributed by atoms with Gasteiger partial charge >= 0.3 is 5.97 Å². The van der Waals surface area contributed by atoms with Gasteiger partial charge in [0, 0.05) is 23.9 Å². The van der Waals surface area contributed by atoms with Gasteiger partial charge in [-0.3, -0.25) is 9.59 Å². The molecule has 1 aromatic rings. The number of carbonyl (C=O) groups excluding carboxylic acids is 1. The highest BCUT2D eigenvalue weighted by Gasteiger charge is 2.35. The maximum absolute atomic E-state index is 12.3. The smallest absolute Gasteiger partial charge is 0.303 e. The van der Waals surface area contributed by atoms with E-state index in [0.717, 1.165) is 5.69 Å². The molecular weight excluding hydrogens is 260 g/mol. The van der Waals surface area contributed by atoms with Crippen molar-refractivity contribution in [3.63, 3.8) is 0 Å². The van der Waals surface area contributed by atoms with Gasteiger partial charge in [0.05, 0.1) is 5.92 Å². The van der Waals surface area contributed by atoms with Gasteiger partial charge in [-0.25, -0.2) is 9.97 Å². The molecule has 0 aliphatic carbocycles. The van der Waals surface area contributed by atoms with Gasteiger partial charge in [-0.05, 0) is 27.2 Å². The highest BCUT2D eigenvalue weighted by atomic mass is 16.4. The minimum absolute atomic E-state index is 0.0566. The maximum Gasteiger partial charge on any atom is 0.303 e. The van der Waals surface area contributed by atoms with E-state index in [2.05, 4.69) is 15.1 Å². The Balaban J connectivity index is 2.23. The average molecular weight is 276 g/mol. The van der Waals surface area contributed by atoms with E-state index in [1.165, 1.54) is 5.01 Å². The van der Waals surface area contributed by atoms with E-state index in [4.69, 9.17) is 5.11 Å². The van der Waals surface area contributed by atoms with Crippen LogP contribution in [0.1, 0.15) is 31.3 Å². The zero-order chi connectivity index (χ0) is 14.9. The monoisotopic (exact) mass is 276 g/mol. The summed E-state index contributed by atoms with van der Waals surface area (Å²) in [4.78, 5) is 31.3. The molecule has 1 aromatic heterocycles. The normalized spacial score (nSPS) is 18.4. The molecule has 0 spiro atoms. The number of carboxylic acid groups (broad SMARTS) is 1. The standard InChI is InChI=1S/C13H16N4O3/c1-7-6-11(15-9(3)14-7)17-13(20)10(8(2)16-17)4-5-12(18)19/h6,10H,4-5H2,1-3H3,(H,18,19). The van der Waals surface area contributed by atoms with Gasteiger partial charge in [-0.15, -0.1) is 0 Å². The van der Waals surface area contributed by atoms with E-state index in [9.17, 15) is 9.59 Å². The molecule has 7 heteroatoms. The zero-order valence-corrected chi connectivity index (χ0v) is 11.6. The molecule has 2 heterocycles. The van der Waals surface area contributed by atoms with Crippen LogP contribution >= 0.6 is 0 Å². The molecule has 0 aromatic carbocycles. The Kier molecular flexibility index (Phi) is 3.78. The number of nitrogens with zero attached hydrogens (tertiary/aromatic N) is 4. The fourth-order valence-electron chi connectivity index (χ4n) is 2.17. The van der Waals surface area contributed by atoms with Crippen LogP contribution in [0, 0.1) is 19.8 Å². The minimum Gasteiger partial charge on any atom is -0.481 e. The first-order valence-electron chi connectivity index (χ1n) is 6.31. The number of rotatable bonds is 4. The Morgan fingerprint density at radius 1 is 1.35 bits per heavy atom. The Morgan fingerprint density at radius 2 is 2.05 bits per heavy atom. The Bertz CT molecular complexity index is 577. The van der Waals surface area contributed by atoms with E-state index in [-0.39, 0.29) is 18.7 Å². The molecule has 1 aliphatic rings. The van der Waals surface area contributed by atoms with Gasteiger partial charge < -0.3 is 5.11 Å². The van der Waals surface area contributed by atoms with E-state index in [1.54, 1.807) is 19.9 Å². The van der Waals surface area contributed by atoms with Crippen molar-refractivity contribution in [3.05, 3.63) is 17.6 Å². The van der Waals surface area contributed by atoms with Crippen LogP contribution in [0.3, 0.4) is 0 Å². The molecule has 0 radical (unpaired) electrons. The Hall–Kier alpha value is -2.31. The van der Waals surface area contributed by atoms with Gasteiger partial charge in [-0.1, -0.05) is 0 Å². The van der Waals surface area contributed by atoms with Crippen LogP contribution in [0.2, 0.25) is 0 Å². The van der Waals surface area contributed by atoms with Crippen LogP contribution in [0.5, 0.6) is 0 Å². The number of aliphatic carboxylic acids is 1. The lowest BCUT2D eigenvalue weighted by Crippen LogP contribution is -2.28. The molecule has 1 atom stereocenters. The second-order valence-corrected chi connectivity index (χ2v) is 4.79. The third-order valence-electron chi connectivity index (χ3n) is 3.09. The van der Waals surface area contributed by atoms with Crippen molar-refractivity contribution in [3.8, 4) is 0 Å². The van der Waals surface area contributed by atoms with E-state index in [0.29, 0.717) is 17.4 Å².